The summed E-state index contributed by atoms with van der Waals surface area (Å²) in [5.74, 6) is -0.909. The molecule has 2 aromatic carbocycles. The van der Waals surface area contributed by atoms with Crippen molar-refractivity contribution in [3.05, 3.63) is 65.7 Å². The lowest BCUT2D eigenvalue weighted by Crippen LogP contribution is -2.38. The Labute approximate surface area is 159 Å². The molecule has 5 nitrogen and oxygen atoms in total. The lowest BCUT2D eigenvalue weighted by molar-refractivity contribution is -0.144. The van der Waals surface area contributed by atoms with E-state index in [0.29, 0.717) is 18.6 Å². The van der Waals surface area contributed by atoms with Gasteiger partial charge >= 0.3 is 5.97 Å². The summed E-state index contributed by atoms with van der Waals surface area (Å²) in [6.07, 6.45) is 2.53. The molecule has 0 aromatic heterocycles. The van der Waals surface area contributed by atoms with Crippen LogP contribution in [0.25, 0.3) is 0 Å². The summed E-state index contributed by atoms with van der Waals surface area (Å²) < 4.78 is 5.49. The SMILES string of the molecule is COc1ccccc1C(NC(=O)C1CCCC(C(=O)O)C1)c1ccccc1. The van der Waals surface area contributed by atoms with Gasteiger partial charge in [-0.15, -0.1) is 0 Å². The molecule has 5 heteroatoms. The number of methoxy groups -OCH3 is 1. The van der Waals surface area contributed by atoms with Crippen LogP contribution in [0.5, 0.6) is 5.75 Å². The van der Waals surface area contributed by atoms with Gasteiger partial charge in [0.2, 0.25) is 5.91 Å². The number of carbonyl (C=O) groups is 2. The van der Waals surface area contributed by atoms with Crippen LogP contribution in [0.2, 0.25) is 0 Å². The van der Waals surface area contributed by atoms with E-state index >= 15 is 0 Å². The Morgan fingerprint density at radius 3 is 2.41 bits per heavy atom. The Bertz CT molecular complexity index is 790. The average Bonchev–Trinajstić information content (AvgIpc) is 2.72. The van der Waals surface area contributed by atoms with Gasteiger partial charge < -0.3 is 15.2 Å². The van der Waals surface area contributed by atoms with E-state index in [4.69, 9.17) is 4.74 Å². The Morgan fingerprint density at radius 2 is 1.70 bits per heavy atom. The van der Waals surface area contributed by atoms with E-state index in [0.717, 1.165) is 24.0 Å². The van der Waals surface area contributed by atoms with E-state index in [1.165, 1.54) is 0 Å². The van der Waals surface area contributed by atoms with Gasteiger partial charge in [0, 0.05) is 11.5 Å². The van der Waals surface area contributed by atoms with Gasteiger partial charge in [0.15, 0.2) is 0 Å². The van der Waals surface area contributed by atoms with Crippen LogP contribution in [-0.4, -0.2) is 24.1 Å². The lowest BCUT2D eigenvalue weighted by Gasteiger charge is -2.28. The fraction of sp³-hybridized carbons (Fsp3) is 0.364. The van der Waals surface area contributed by atoms with E-state index in [1.807, 2.05) is 54.6 Å². The first kappa shape index (κ1) is 19.0. The fourth-order valence-corrected chi connectivity index (χ4v) is 3.80. The molecular formula is C22H25NO4. The van der Waals surface area contributed by atoms with E-state index in [-0.39, 0.29) is 17.9 Å². The highest BCUT2D eigenvalue weighted by molar-refractivity contribution is 5.81. The topological polar surface area (TPSA) is 75.6 Å². The second kappa shape index (κ2) is 8.71. The zero-order valence-electron chi connectivity index (χ0n) is 15.4. The zero-order chi connectivity index (χ0) is 19.2. The van der Waals surface area contributed by atoms with Crippen molar-refractivity contribution in [1.82, 2.24) is 5.32 Å². The van der Waals surface area contributed by atoms with Gasteiger partial charge in [-0.3, -0.25) is 9.59 Å². The number of benzene rings is 2. The van der Waals surface area contributed by atoms with Crippen LogP contribution in [0, 0.1) is 11.8 Å². The van der Waals surface area contributed by atoms with Gasteiger partial charge in [0.05, 0.1) is 19.1 Å². The van der Waals surface area contributed by atoms with Crippen LogP contribution in [0.3, 0.4) is 0 Å². The van der Waals surface area contributed by atoms with Crippen LogP contribution in [0.4, 0.5) is 0 Å². The minimum atomic E-state index is -0.808. The Balaban J connectivity index is 1.86. The number of para-hydroxylation sites is 1. The minimum absolute atomic E-state index is 0.0966. The van der Waals surface area contributed by atoms with E-state index in [1.54, 1.807) is 7.11 Å². The number of carboxylic acid groups (broad SMARTS) is 1. The normalized spacial score (nSPS) is 20.5. The number of aliphatic carboxylic acids is 1. The average molecular weight is 367 g/mol. The van der Waals surface area contributed by atoms with Crippen LogP contribution < -0.4 is 10.1 Å². The molecule has 0 saturated heterocycles. The Hall–Kier alpha value is -2.82. The van der Waals surface area contributed by atoms with Gasteiger partial charge in [-0.1, -0.05) is 55.0 Å². The predicted octanol–water partition coefficient (Wildman–Crippen LogP) is 3.79. The summed E-state index contributed by atoms with van der Waals surface area (Å²) in [7, 11) is 1.61. The summed E-state index contributed by atoms with van der Waals surface area (Å²) in [6.45, 7) is 0. The molecule has 0 radical (unpaired) electrons. The number of nitrogens with one attached hydrogen (secondary N) is 1. The van der Waals surface area contributed by atoms with E-state index < -0.39 is 11.9 Å². The first-order valence-corrected chi connectivity index (χ1v) is 9.31. The molecule has 27 heavy (non-hydrogen) atoms. The molecule has 3 rings (SSSR count). The van der Waals surface area contributed by atoms with Crippen molar-refractivity contribution >= 4 is 11.9 Å². The minimum Gasteiger partial charge on any atom is -0.496 e. The predicted molar refractivity (Wildman–Crippen MR) is 103 cm³/mol. The molecule has 1 saturated carbocycles. The van der Waals surface area contributed by atoms with Crippen LogP contribution in [0.15, 0.2) is 54.6 Å². The highest BCUT2D eigenvalue weighted by atomic mass is 16.5. The molecule has 0 bridgehead atoms. The molecule has 0 heterocycles. The van der Waals surface area contributed by atoms with Crippen molar-refractivity contribution in [2.45, 2.75) is 31.7 Å². The summed E-state index contributed by atoms with van der Waals surface area (Å²) in [5.41, 5.74) is 1.84. The second-order valence-electron chi connectivity index (χ2n) is 6.99. The standard InChI is InChI=1S/C22H25NO4/c1-27-19-13-6-5-12-18(19)20(15-8-3-2-4-9-15)23-21(24)16-10-7-11-17(14-16)22(25)26/h2-6,8-9,12-13,16-17,20H,7,10-11,14H2,1H3,(H,23,24)(H,25,26). The smallest absolute Gasteiger partial charge is 0.306 e. The number of hydrogen-bond acceptors (Lipinski definition) is 3. The fourth-order valence-electron chi connectivity index (χ4n) is 3.80. The van der Waals surface area contributed by atoms with Crippen LogP contribution >= 0.6 is 0 Å². The van der Waals surface area contributed by atoms with Gasteiger partial charge in [0.1, 0.15) is 5.75 Å². The largest absolute Gasteiger partial charge is 0.496 e. The number of carboxylic acids is 1. The van der Waals surface area contributed by atoms with Crippen molar-refractivity contribution in [3.8, 4) is 5.75 Å². The molecule has 142 valence electrons. The maximum atomic E-state index is 13.0. The third-order valence-corrected chi connectivity index (χ3v) is 5.26. The Morgan fingerprint density at radius 1 is 1.04 bits per heavy atom. The zero-order valence-corrected chi connectivity index (χ0v) is 15.4. The highest BCUT2D eigenvalue weighted by Gasteiger charge is 2.32. The van der Waals surface area contributed by atoms with Gasteiger partial charge in [0.25, 0.3) is 0 Å². The monoisotopic (exact) mass is 367 g/mol. The van der Waals surface area contributed by atoms with Crippen molar-refractivity contribution < 1.29 is 19.4 Å². The molecule has 1 aliphatic carbocycles. The van der Waals surface area contributed by atoms with Gasteiger partial charge in [-0.2, -0.15) is 0 Å². The third kappa shape index (κ3) is 4.48. The van der Waals surface area contributed by atoms with Crippen molar-refractivity contribution in [3.63, 3.8) is 0 Å². The first-order valence-electron chi connectivity index (χ1n) is 9.31. The lowest BCUT2D eigenvalue weighted by atomic mass is 9.80. The molecule has 0 spiro atoms. The number of carbonyl (C=O) groups excluding carboxylic acids is 1. The molecule has 1 fully saturated rings. The maximum absolute atomic E-state index is 13.0. The molecule has 1 aliphatic rings. The molecular weight excluding hydrogens is 342 g/mol. The first-order chi connectivity index (χ1) is 13.1. The molecule has 3 atom stereocenters. The number of amides is 1. The maximum Gasteiger partial charge on any atom is 0.306 e. The van der Waals surface area contributed by atoms with Crippen molar-refractivity contribution in [2.75, 3.05) is 7.11 Å². The van der Waals surface area contributed by atoms with E-state index in [9.17, 15) is 14.7 Å². The van der Waals surface area contributed by atoms with Crippen molar-refractivity contribution in [2.24, 2.45) is 11.8 Å². The number of ether oxygens (including phenoxy) is 1. The van der Waals surface area contributed by atoms with Crippen LogP contribution in [-0.2, 0) is 9.59 Å². The highest BCUT2D eigenvalue weighted by Crippen LogP contribution is 2.33. The van der Waals surface area contributed by atoms with Crippen molar-refractivity contribution in [1.29, 1.82) is 0 Å². The molecule has 2 N–H and O–H groups in total. The second-order valence-corrected chi connectivity index (χ2v) is 6.99. The number of hydrogen-bond donors (Lipinski definition) is 2. The van der Waals surface area contributed by atoms with E-state index in [2.05, 4.69) is 5.32 Å². The Kier molecular flexibility index (Phi) is 6.12. The summed E-state index contributed by atoms with van der Waals surface area (Å²) in [5, 5.41) is 12.4. The number of rotatable bonds is 6. The van der Waals surface area contributed by atoms with Gasteiger partial charge in [-0.25, -0.2) is 0 Å². The molecule has 2 aromatic rings. The quantitative estimate of drug-likeness (QED) is 0.814. The van der Waals surface area contributed by atoms with Crippen LogP contribution in [0.1, 0.15) is 42.9 Å². The molecule has 3 unspecified atom stereocenters. The summed E-state index contributed by atoms with van der Waals surface area (Å²) in [4.78, 5) is 24.3. The third-order valence-electron chi connectivity index (χ3n) is 5.26. The summed E-state index contributed by atoms with van der Waals surface area (Å²) >= 11 is 0. The molecule has 1 amide bonds. The van der Waals surface area contributed by atoms with Gasteiger partial charge in [-0.05, 0) is 30.9 Å². The molecule has 0 aliphatic heterocycles. The summed E-state index contributed by atoms with van der Waals surface area (Å²) in [6, 6.07) is 17.0.